The van der Waals surface area contributed by atoms with Crippen molar-refractivity contribution in [2.45, 2.75) is 53.1 Å². The highest BCUT2D eigenvalue weighted by Crippen LogP contribution is 2.25. The van der Waals surface area contributed by atoms with Crippen LogP contribution in [-0.2, 0) is 9.47 Å². The Morgan fingerprint density at radius 3 is 2.48 bits per heavy atom. The number of methoxy groups -OCH3 is 1. The van der Waals surface area contributed by atoms with Crippen LogP contribution in [-0.4, -0.2) is 63.5 Å². The fraction of sp³-hybridized carbons (Fsp3) is 1.00. The van der Waals surface area contributed by atoms with E-state index in [2.05, 4.69) is 44.8 Å². The van der Waals surface area contributed by atoms with Gasteiger partial charge in [-0.2, -0.15) is 0 Å². The minimum Gasteiger partial charge on any atom is -0.385 e. The van der Waals surface area contributed by atoms with Crippen molar-refractivity contribution in [3.63, 3.8) is 0 Å². The molecular formula is C17H36N2O2. The molecule has 2 atom stereocenters. The fourth-order valence-corrected chi connectivity index (χ4v) is 2.91. The number of rotatable bonds is 8. The molecule has 0 aromatic heterocycles. The molecule has 1 aliphatic heterocycles. The first kappa shape index (κ1) is 18.9. The van der Waals surface area contributed by atoms with Crippen LogP contribution in [0.2, 0.25) is 0 Å². The molecule has 1 aliphatic rings. The van der Waals surface area contributed by atoms with Gasteiger partial charge in [-0.15, -0.1) is 0 Å². The van der Waals surface area contributed by atoms with Gasteiger partial charge in [0.2, 0.25) is 0 Å². The molecule has 0 saturated carbocycles. The maximum absolute atomic E-state index is 5.75. The summed E-state index contributed by atoms with van der Waals surface area (Å²) in [4.78, 5) is 2.62. The molecule has 21 heavy (non-hydrogen) atoms. The van der Waals surface area contributed by atoms with Gasteiger partial charge < -0.3 is 14.8 Å². The van der Waals surface area contributed by atoms with Crippen LogP contribution in [0, 0.1) is 11.3 Å². The largest absolute Gasteiger partial charge is 0.385 e. The van der Waals surface area contributed by atoms with Crippen LogP contribution in [0.25, 0.3) is 0 Å². The highest BCUT2D eigenvalue weighted by Gasteiger charge is 2.34. The Morgan fingerprint density at radius 2 is 1.90 bits per heavy atom. The summed E-state index contributed by atoms with van der Waals surface area (Å²) in [6, 6.07) is 1.17. The van der Waals surface area contributed by atoms with Gasteiger partial charge in [-0.05, 0) is 17.8 Å². The van der Waals surface area contributed by atoms with Gasteiger partial charge in [0.25, 0.3) is 0 Å². The third kappa shape index (κ3) is 6.64. The van der Waals surface area contributed by atoms with Gasteiger partial charge in [0, 0.05) is 52.0 Å². The molecule has 1 fully saturated rings. The van der Waals surface area contributed by atoms with Gasteiger partial charge in [0.1, 0.15) is 0 Å². The standard InChI is InChI=1S/C17H36N2O2/c1-14(2)15-12-18-16(17(3,4)5)13-19(15)8-11-21-10-7-9-20-6/h14-16,18H,7-13H2,1-6H3. The van der Waals surface area contributed by atoms with Gasteiger partial charge in [0.05, 0.1) is 6.61 Å². The summed E-state index contributed by atoms with van der Waals surface area (Å²) in [5.74, 6) is 0.673. The van der Waals surface area contributed by atoms with Crippen LogP contribution in [0.3, 0.4) is 0 Å². The lowest BCUT2D eigenvalue weighted by atomic mass is 9.83. The summed E-state index contributed by atoms with van der Waals surface area (Å²) in [5, 5.41) is 3.74. The van der Waals surface area contributed by atoms with E-state index in [-0.39, 0.29) is 0 Å². The summed E-state index contributed by atoms with van der Waals surface area (Å²) in [6.07, 6.45) is 0.982. The number of hydrogen-bond donors (Lipinski definition) is 1. The Hall–Kier alpha value is -0.160. The van der Waals surface area contributed by atoms with Crippen molar-refractivity contribution in [2.75, 3.05) is 46.6 Å². The van der Waals surface area contributed by atoms with E-state index in [1.54, 1.807) is 7.11 Å². The molecule has 1 saturated heterocycles. The highest BCUT2D eigenvalue weighted by molar-refractivity contribution is 4.92. The predicted molar refractivity (Wildman–Crippen MR) is 88.8 cm³/mol. The Labute approximate surface area is 131 Å². The second-order valence-electron chi connectivity index (χ2n) is 7.59. The van der Waals surface area contributed by atoms with Crippen molar-refractivity contribution in [3.05, 3.63) is 0 Å². The Kier molecular flexibility index (Phi) is 8.17. The predicted octanol–water partition coefficient (Wildman–Crippen LogP) is 2.38. The van der Waals surface area contributed by atoms with Gasteiger partial charge in [-0.3, -0.25) is 4.90 Å². The van der Waals surface area contributed by atoms with E-state index in [0.717, 1.165) is 45.9 Å². The van der Waals surface area contributed by atoms with Crippen molar-refractivity contribution in [1.29, 1.82) is 0 Å². The van der Waals surface area contributed by atoms with Crippen molar-refractivity contribution < 1.29 is 9.47 Å². The van der Waals surface area contributed by atoms with E-state index in [4.69, 9.17) is 9.47 Å². The van der Waals surface area contributed by atoms with E-state index in [9.17, 15) is 0 Å². The first-order valence-electron chi connectivity index (χ1n) is 8.40. The molecule has 4 heteroatoms. The topological polar surface area (TPSA) is 33.7 Å². The van der Waals surface area contributed by atoms with E-state index in [1.165, 1.54) is 0 Å². The normalized spacial score (nSPS) is 24.7. The minimum atomic E-state index is 0.305. The van der Waals surface area contributed by atoms with Crippen molar-refractivity contribution in [2.24, 2.45) is 11.3 Å². The Morgan fingerprint density at radius 1 is 1.19 bits per heavy atom. The Bertz CT molecular complexity index is 276. The zero-order chi connectivity index (χ0) is 15.9. The molecule has 0 radical (unpaired) electrons. The summed E-state index contributed by atoms with van der Waals surface area (Å²) in [5.41, 5.74) is 0.305. The molecule has 0 aromatic rings. The molecule has 0 aliphatic carbocycles. The van der Waals surface area contributed by atoms with E-state index < -0.39 is 0 Å². The average molecular weight is 300 g/mol. The first-order chi connectivity index (χ1) is 9.86. The molecular weight excluding hydrogens is 264 g/mol. The minimum absolute atomic E-state index is 0.305. The zero-order valence-electron chi connectivity index (χ0n) is 14.9. The van der Waals surface area contributed by atoms with Gasteiger partial charge in [-0.1, -0.05) is 34.6 Å². The monoisotopic (exact) mass is 300 g/mol. The van der Waals surface area contributed by atoms with Crippen LogP contribution in [0.15, 0.2) is 0 Å². The molecule has 0 spiro atoms. The molecule has 0 amide bonds. The molecule has 0 bridgehead atoms. The summed E-state index contributed by atoms with van der Waals surface area (Å²) in [6.45, 7) is 17.2. The third-order valence-corrected chi connectivity index (χ3v) is 4.43. The van der Waals surface area contributed by atoms with Crippen molar-refractivity contribution >= 4 is 0 Å². The number of hydrogen-bond acceptors (Lipinski definition) is 4. The van der Waals surface area contributed by atoms with Crippen LogP contribution >= 0.6 is 0 Å². The SMILES string of the molecule is COCCCOCCN1CC(C(C)(C)C)NCC1C(C)C. The maximum Gasteiger partial charge on any atom is 0.0593 e. The molecule has 1 rings (SSSR count). The van der Waals surface area contributed by atoms with Crippen molar-refractivity contribution in [3.8, 4) is 0 Å². The zero-order valence-corrected chi connectivity index (χ0v) is 14.9. The van der Waals surface area contributed by atoms with Gasteiger partial charge >= 0.3 is 0 Å². The second kappa shape index (κ2) is 9.09. The van der Waals surface area contributed by atoms with Crippen LogP contribution in [0.1, 0.15) is 41.0 Å². The van der Waals surface area contributed by atoms with E-state index in [0.29, 0.717) is 23.4 Å². The van der Waals surface area contributed by atoms with E-state index >= 15 is 0 Å². The third-order valence-electron chi connectivity index (χ3n) is 4.43. The summed E-state index contributed by atoms with van der Waals surface area (Å²) < 4.78 is 10.8. The smallest absolute Gasteiger partial charge is 0.0593 e. The fourth-order valence-electron chi connectivity index (χ4n) is 2.91. The lowest BCUT2D eigenvalue weighted by Gasteiger charge is -2.46. The summed E-state index contributed by atoms with van der Waals surface area (Å²) in [7, 11) is 1.74. The average Bonchev–Trinajstić information content (AvgIpc) is 2.41. The number of ether oxygens (including phenoxy) is 2. The molecule has 1 N–H and O–H groups in total. The van der Waals surface area contributed by atoms with Gasteiger partial charge in [-0.25, -0.2) is 0 Å². The molecule has 126 valence electrons. The molecule has 4 nitrogen and oxygen atoms in total. The molecule has 2 unspecified atom stereocenters. The number of nitrogens with one attached hydrogen (secondary N) is 1. The van der Waals surface area contributed by atoms with Crippen LogP contribution in [0.4, 0.5) is 0 Å². The molecule has 1 heterocycles. The number of nitrogens with zero attached hydrogens (tertiary/aromatic N) is 1. The van der Waals surface area contributed by atoms with E-state index in [1.807, 2.05) is 0 Å². The lowest BCUT2D eigenvalue weighted by Crippen LogP contribution is -2.62. The second-order valence-corrected chi connectivity index (χ2v) is 7.59. The first-order valence-corrected chi connectivity index (χ1v) is 8.40. The van der Waals surface area contributed by atoms with Crippen molar-refractivity contribution in [1.82, 2.24) is 10.2 Å². The van der Waals surface area contributed by atoms with Crippen LogP contribution < -0.4 is 5.32 Å². The quantitative estimate of drug-likeness (QED) is 0.698. The number of piperazine rings is 1. The Balaban J connectivity index is 2.41. The molecule has 0 aromatic carbocycles. The van der Waals surface area contributed by atoms with Gasteiger partial charge in [0.15, 0.2) is 0 Å². The summed E-state index contributed by atoms with van der Waals surface area (Å²) >= 11 is 0. The maximum atomic E-state index is 5.75. The highest BCUT2D eigenvalue weighted by atomic mass is 16.5. The lowest BCUT2D eigenvalue weighted by molar-refractivity contribution is 0.0277. The van der Waals surface area contributed by atoms with Crippen LogP contribution in [0.5, 0.6) is 0 Å².